The number of hydrogen-bond acceptors (Lipinski definition) is 4. The van der Waals surface area contributed by atoms with E-state index in [9.17, 15) is 9.59 Å². The van der Waals surface area contributed by atoms with Gasteiger partial charge in [0.25, 0.3) is 5.91 Å². The van der Waals surface area contributed by atoms with E-state index in [1.165, 1.54) is 6.26 Å². The summed E-state index contributed by atoms with van der Waals surface area (Å²) < 4.78 is 11.3. The minimum atomic E-state index is -0.543. The zero-order valence-electron chi connectivity index (χ0n) is 16.5. The molecule has 2 amide bonds. The Kier molecular flexibility index (Phi) is 6.89. The number of carbonyl (C=O) groups is 2. The van der Waals surface area contributed by atoms with Crippen LogP contribution in [0, 0.1) is 0 Å². The number of nitrogens with zero attached hydrogens (tertiary/aromatic N) is 1. The van der Waals surface area contributed by atoms with Gasteiger partial charge in [0.05, 0.1) is 0 Å². The summed E-state index contributed by atoms with van der Waals surface area (Å²) in [6.45, 7) is 2.29. The van der Waals surface area contributed by atoms with Crippen LogP contribution in [0.1, 0.15) is 24.5 Å². The first kappa shape index (κ1) is 20.5. The minimum absolute atomic E-state index is 0.0794. The summed E-state index contributed by atoms with van der Waals surface area (Å²) in [5.74, 6) is -0.600. The number of benzene rings is 2. The second kappa shape index (κ2) is 9.78. The van der Waals surface area contributed by atoms with Gasteiger partial charge in [-0.3, -0.25) is 9.59 Å². The van der Waals surface area contributed by atoms with Gasteiger partial charge in [-0.15, -0.1) is 0 Å². The fourth-order valence-corrected chi connectivity index (χ4v) is 3.45. The molecule has 0 saturated heterocycles. The molecule has 0 saturated carbocycles. The molecule has 1 heterocycles. The molecule has 0 bridgehead atoms. The van der Waals surface area contributed by atoms with Crippen molar-refractivity contribution in [3.63, 3.8) is 0 Å². The van der Waals surface area contributed by atoms with Crippen LogP contribution in [0.25, 0.3) is 0 Å². The summed E-state index contributed by atoms with van der Waals surface area (Å²) in [6.07, 6.45) is 1.97. The lowest BCUT2D eigenvalue weighted by molar-refractivity contribution is -0.136. The number of hydrogen-bond donors (Lipinski definition) is 1. The first-order valence-corrected chi connectivity index (χ1v) is 9.76. The van der Waals surface area contributed by atoms with Gasteiger partial charge < -0.3 is 20.1 Å². The molecular formula is C23H26N2O4. The summed E-state index contributed by atoms with van der Waals surface area (Å²) in [4.78, 5) is 26.3. The Morgan fingerprint density at radius 3 is 2.24 bits per heavy atom. The standard InChI is InChI=1S/C23H26N2O4/c1-2-25(19(15-21(24)26)13-17-9-5-3-6-10-17)23(27)20-16-28-22(29-20)14-18-11-7-4-8-12-18/h3-12,16,19,22H,2,13-15H2,1H3,(H2,24,26)/t19-,22?/m0/s1. The highest BCUT2D eigenvalue weighted by Crippen LogP contribution is 2.22. The molecule has 152 valence electrons. The lowest BCUT2D eigenvalue weighted by Crippen LogP contribution is -2.44. The summed E-state index contributed by atoms with van der Waals surface area (Å²) in [7, 11) is 0. The predicted molar refractivity (Wildman–Crippen MR) is 109 cm³/mol. The molecule has 1 unspecified atom stereocenters. The van der Waals surface area contributed by atoms with Crippen LogP contribution in [0.4, 0.5) is 0 Å². The molecule has 2 aromatic carbocycles. The van der Waals surface area contributed by atoms with Crippen LogP contribution < -0.4 is 5.73 Å². The van der Waals surface area contributed by atoms with E-state index in [2.05, 4.69) is 0 Å². The van der Waals surface area contributed by atoms with Crippen molar-refractivity contribution < 1.29 is 19.1 Å². The predicted octanol–water partition coefficient (Wildman–Crippen LogP) is 2.78. The average Bonchev–Trinajstić information content (AvgIpc) is 3.18. The van der Waals surface area contributed by atoms with Crippen molar-refractivity contribution in [1.29, 1.82) is 0 Å². The van der Waals surface area contributed by atoms with E-state index in [0.29, 0.717) is 19.4 Å². The Labute approximate surface area is 170 Å². The van der Waals surface area contributed by atoms with Gasteiger partial charge in [0, 0.05) is 25.4 Å². The first-order chi connectivity index (χ1) is 14.1. The van der Waals surface area contributed by atoms with E-state index in [0.717, 1.165) is 11.1 Å². The number of ether oxygens (including phenoxy) is 2. The zero-order chi connectivity index (χ0) is 20.6. The molecule has 2 aromatic rings. The highest BCUT2D eigenvalue weighted by molar-refractivity contribution is 5.92. The Morgan fingerprint density at radius 2 is 1.66 bits per heavy atom. The molecule has 2 atom stereocenters. The number of rotatable bonds is 9. The highest BCUT2D eigenvalue weighted by atomic mass is 16.7. The van der Waals surface area contributed by atoms with Gasteiger partial charge in [0.2, 0.25) is 18.0 Å². The van der Waals surface area contributed by atoms with Crippen molar-refractivity contribution in [2.75, 3.05) is 6.54 Å². The zero-order valence-corrected chi connectivity index (χ0v) is 16.5. The summed E-state index contributed by atoms with van der Waals surface area (Å²) in [5, 5.41) is 0. The fourth-order valence-electron chi connectivity index (χ4n) is 3.45. The molecule has 0 aliphatic carbocycles. The molecule has 0 radical (unpaired) electrons. The second-order valence-corrected chi connectivity index (χ2v) is 6.96. The lowest BCUT2D eigenvalue weighted by atomic mass is 10.0. The molecule has 2 N–H and O–H groups in total. The molecule has 29 heavy (non-hydrogen) atoms. The topological polar surface area (TPSA) is 81.9 Å². The van der Waals surface area contributed by atoms with Crippen molar-refractivity contribution in [1.82, 2.24) is 4.90 Å². The van der Waals surface area contributed by atoms with Gasteiger partial charge in [-0.05, 0) is 24.5 Å². The van der Waals surface area contributed by atoms with Crippen LogP contribution in [0.15, 0.2) is 72.7 Å². The minimum Gasteiger partial charge on any atom is -0.458 e. The maximum absolute atomic E-state index is 13.1. The molecule has 3 rings (SSSR count). The summed E-state index contributed by atoms with van der Waals surface area (Å²) >= 11 is 0. The van der Waals surface area contributed by atoms with Gasteiger partial charge in [-0.25, -0.2) is 0 Å². The fraction of sp³-hybridized carbons (Fsp3) is 0.304. The Hall–Kier alpha value is -3.28. The van der Waals surface area contributed by atoms with Crippen molar-refractivity contribution >= 4 is 11.8 Å². The highest BCUT2D eigenvalue weighted by Gasteiger charge is 2.32. The van der Waals surface area contributed by atoms with Crippen molar-refractivity contribution in [3.8, 4) is 0 Å². The number of likely N-dealkylation sites (N-methyl/N-ethyl adjacent to an activating group) is 1. The van der Waals surface area contributed by atoms with Gasteiger partial charge in [0.1, 0.15) is 6.26 Å². The van der Waals surface area contributed by atoms with E-state index in [1.54, 1.807) is 4.90 Å². The van der Waals surface area contributed by atoms with Gasteiger partial charge in [0.15, 0.2) is 0 Å². The third kappa shape index (κ3) is 5.60. The molecule has 0 aromatic heterocycles. The number of primary amides is 1. The normalized spacial score (nSPS) is 16.3. The van der Waals surface area contributed by atoms with Crippen molar-refractivity contribution in [3.05, 3.63) is 83.8 Å². The van der Waals surface area contributed by atoms with Crippen LogP contribution in [0.2, 0.25) is 0 Å². The molecular weight excluding hydrogens is 368 g/mol. The number of carbonyl (C=O) groups excluding carboxylic acids is 2. The third-order valence-electron chi connectivity index (χ3n) is 4.83. The summed E-state index contributed by atoms with van der Waals surface area (Å²) in [6, 6.07) is 19.2. The molecule has 6 heteroatoms. The van der Waals surface area contributed by atoms with E-state index in [4.69, 9.17) is 15.2 Å². The van der Waals surface area contributed by atoms with Gasteiger partial charge >= 0.3 is 0 Å². The summed E-state index contributed by atoms with van der Waals surface area (Å²) in [5.41, 5.74) is 7.54. The van der Waals surface area contributed by atoms with Crippen LogP contribution in [0.5, 0.6) is 0 Å². The quantitative estimate of drug-likeness (QED) is 0.709. The lowest BCUT2D eigenvalue weighted by Gasteiger charge is -2.30. The maximum Gasteiger partial charge on any atom is 0.292 e. The molecule has 1 aliphatic rings. The van der Waals surface area contributed by atoms with E-state index in [-0.39, 0.29) is 24.1 Å². The van der Waals surface area contributed by atoms with Crippen LogP contribution in [-0.4, -0.2) is 35.6 Å². The van der Waals surface area contributed by atoms with Crippen LogP contribution >= 0.6 is 0 Å². The molecule has 0 fully saturated rings. The molecule has 6 nitrogen and oxygen atoms in total. The largest absolute Gasteiger partial charge is 0.458 e. The molecule has 0 spiro atoms. The van der Waals surface area contributed by atoms with E-state index >= 15 is 0 Å². The van der Waals surface area contributed by atoms with Crippen molar-refractivity contribution in [2.45, 2.75) is 38.5 Å². The van der Waals surface area contributed by atoms with Crippen molar-refractivity contribution in [2.24, 2.45) is 5.73 Å². The Bertz CT molecular complexity index is 852. The van der Waals surface area contributed by atoms with E-state index < -0.39 is 12.2 Å². The Morgan fingerprint density at radius 1 is 1.03 bits per heavy atom. The van der Waals surface area contributed by atoms with Gasteiger partial charge in [-0.1, -0.05) is 60.7 Å². The third-order valence-corrected chi connectivity index (χ3v) is 4.83. The monoisotopic (exact) mass is 394 g/mol. The number of amides is 2. The molecule has 1 aliphatic heterocycles. The number of nitrogens with two attached hydrogens (primary N) is 1. The maximum atomic E-state index is 13.1. The van der Waals surface area contributed by atoms with Gasteiger partial charge in [-0.2, -0.15) is 0 Å². The van der Waals surface area contributed by atoms with Crippen LogP contribution in [0.3, 0.4) is 0 Å². The average molecular weight is 394 g/mol. The first-order valence-electron chi connectivity index (χ1n) is 9.76. The smallest absolute Gasteiger partial charge is 0.292 e. The second-order valence-electron chi connectivity index (χ2n) is 6.96. The van der Waals surface area contributed by atoms with E-state index in [1.807, 2.05) is 67.6 Å². The SMILES string of the molecule is CCN(C(=O)C1=COC(Cc2ccccc2)O1)[C@H](CC(N)=O)Cc1ccccc1. The van der Waals surface area contributed by atoms with Crippen LogP contribution in [-0.2, 0) is 31.9 Å². The Balaban J connectivity index is 1.68.